The van der Waals surface area contributed by atoms with Gasteiger partial charge >= 0.3 is 0 Å². The van der Waals surface area contributed by atoms with Gasteiger partial charge < -0.3 is 14.8 Å². The largest absolute Gasteiger partial charge is 0.494 e. The maximum absolute atomic E-state index is 5.65. The lowest BCUT2D eigenvalue weighted by molar-refractivity contribution is 0.0133. The molecule has 1 aliphatic heterocycles. The van der Waals surface area contributed by atoms with Crippen molar-refractivity contribution in [2.45, 2.75) is 38.3 Å². The lowest BCUT2D eigenvalue weighted by Gasteiger charge is -2.28. The standard InChI is InChI=1S/C15H23NO2/c1-13-12-14(8-11-17-13)16-9-5-10-18-15-6-3-2-4-7-15/h2-4,6-7,13-14,16H,5,8-12H2,1H3/t13-,14+/m0/s1. The van der Waals surface area contributed by atoms with E-state index in [1.54, 1.807) is 0 Å². The van der Waals surface area contributed by atoms with E-state index in [1.807, 2.05) is 30.3 Å². The minimum Gasteiger partial charge on any atom is -0.494 e. The molecule has 2 rings (SSSR count). The van der Waals surface area contributed by atoms with E-state index in [0.29, 0.717) is 12.1 Å². The van der Waals surface area contributed by atoms with Crippen molar-refractivity contribution in [3.8, 4) is 5.75 Å². The quantitative estimate of drug-likeness (QED) is 0.786. The molecule has 2 atom stereocenters. The van der Waals surface area contributed by atoms with Crippen LogP contribution in [0.2, 0.25) is 0 Å². The van der Waals surface area contributed by atoms with Crippen LogP contribution in [0.5, 0.6) is 5.75 Å². The number of hydrogen-bond donors (Lipinski definition) is 1. The summed E-state index contributed by atoms with van der Waals surface area (Å²) < 4.78 is 11.2. The average Bonchev–Trinajstić information content (AvgIpc) is 2.40. The van der Waals surface area contributed by atoms with Gasteiger partial charge in [0, 0.05) is 12.6 Å². The van der Waals surface area contributed by atoms with E-state index in [0.717, 1.165) is 44.8 Å². The summed E-state index contributed by atoms with van der Waals surface area (Å²) in [5, 5.41) is 3.58. The molecule has 1 fully saturated rings. The number of hydrogen-bond acceptors (Lipinski definition) is 3. The zero-order valence-corrected chi connectivity index (χ0v) is 11.1. The minimum absolute atomic E-state index is 0.400. The second-order valence-electron chi connectivity index (χ2n) is 4.87. The van der Waals surface area contributed by atoms with Gasteiger partial charge in [0.2, 0.25) is 0 Å². The van der Waals surface area contributed by atoms with E-state index in [4.69, 9.17) is 9.47 Å². The summed E-state index contributed by atoms with van der Waals surface area (Å²) in [6.07, 6.45) is 3.70. The molecule has 1 aliphatic rings. The van der Waals surface area contributed by atoms with Crippen molar-refractivity contribution in [2.75, 3.05) is 19.8 Å². The summed E-state index contributed by atoms with van der Waals surface area (Å²) in [6, 6.07) is 10.6. The van der Waals surface area contributed by atoms with Gasteiger partial charge in [-0.2, -0.15) is 0 Å². The molecular formula is C15H23NO2. The van der Waals surface area contributed by atoms with Crippen LogP contribution in [-0.4, -0.2) is 31.9 Å². The highest BCUT2D eigenvalue weighted by Crippen LogP contribution is 2.13. The molecule has 3 heteroatoms. The van der Waals surface area contributed by atoms with Crippen molar-refractivity contribution < 1.29 is 9.47 Å². The highest BCUT2D eigenvalue weighted by atomic mass is 16.5. The lowest BCUT2D eigenvalue weighted by atomic mass is 10.0. The Kier molecular flexibility index (Phi) is 5.49. The Labute approximate surface area is 109 Å². The van der Waals surface area contributed by atoms with Crippen LogP contribution in [0.4, 0.5) is 0 Å². The van der Waals surface area contributed by atoms with Crippen molar-refractivity contribution in [1.82, 2.24) is 5.32 Å². The first-order valence-electron chi connectivity index (χ1n) is 6.87. The number of ether oxygens (including phenoxy) is 2. The zero-order chi connectivity index (χ0) is 12.6. The van der Waals surface area contributed by atoms with E-state index in [-0.39, 0.29) is 0 Å². The predicted molar refractivity (Wildman–Crippen MR) is 73.0 cm³/mol. The number of nitrogens with one attached hydrogen (secondary N) is 1. The fourth-order valence-corrected chi connectivity index (χ4v) is 2.27. The minimum atomic E-state index is 0.400. The first kappa shape index (κ1) is 13.4. The highest BCUT2D eigenvalue weighted by molar-refractivity contribution is 5.20. The van der Waals surface area contributed by atoms with Crippen molar-refractivity contribution in [1.29, 1.82) is 0 Å². The fourth-order valence-electron chi connectivity index (χ4n) is 2.27. The number of para-hydroxylation sites is 1. The molecule has 1 aromatic carbocycles. The van der Waals surface area contributed by atoms with E-state index in [1.165, 1.54) is 0 Å². The van der Waals surface area contributed by atoms with Gasteiger partial charge in [-0.1, -0.05) is 18.2 Å². The molecule has 0 unspecified atom stereocenters. The van der Waals surface area contributed by atoms with Gasteiger partial charge in [-0.25, -0.2) is 0 Å². The van der Waals surface area contributed by atoms with Gasteiger partial charge in [0.1, 0.15) is 5.75 Å². The summed E-state index contributed by atoms with van der Waals surface area (Å²) in [5.74, 6) is 0.956. The maximum atomic E-state index is 5.65. The average molecular weight is 249 g/mol. The Morgan fingerprint density at radius 1 is 1.33 bits per heavy atom. The predicted octanol–water partition coefficient (Wildman–Crippen LogP) is 2.61. The van der Waals surface area contributed by atoms with Crippen LogP contribution in [0.1, 0.15) is 26.2 Å². The van der Waals surface area contributed by atoms with Gasteiger partial charge in [0.25, 0.3) is 0 Å². The Morgan fingerprint density at radius 2 is 2.17 bits per heavy atom. The third-order valence-electron chi connectivity index (χ3n) is 3.25. The van der Waals surface area contributed by atoms with Crippen molar-refractivity contribution in [3.05, 3.63) is 30.3 Å². The fraction of sp³-hybridized carbons (Fsp3) is 0.600. The first-order chi connectivity index (χ1) is 8.84. The van der Waals surface area contributed by atoms with Crippen LogP contribution in [0.3, 0.4) is 0 Å². The molecular weight excluding hydrogens is 226 g/mol. The van der Waals surface area contributed by atoms with Crippen LogP contribution < -0.4 is 10.1 Å². The molecule has 0 spiro atoms. The third kappa shape index (κ3) is 4.67. The molecule has 1 aromatic rings. The van der Waals surface area contributed by atoms with Crippen LogP contribution in [0.15, 0.2) is 30.3 Å². The van der Waals surface area contributed by atoms with Gasteiger partial charge in [0.05, 0.1) is 12.7 Å². The zero-order valence-electron chi connectivity index (χ0n) is 11.1. The molecule has 0 saturated carbocycles. The molecule has 0 amide bonds. The molecule has 1 heterocycles. The monoisotopic (exact) mass is 249 g/mol. The summed E-state index contributed by atoms with van der Waals surface area (Å²) >= 11 is 0. The topological polar surface area (TPSA) is 30.5 Å². The van der Waals surface area contributed by atoms with Crippen molar-refractivity contribution >= 4 is 0 Å². The summed E-state index contributed by atoms with van der Waals surface area (Å²) in [6.45, 7) is 4.83. The van der Waals surface area contributed by atoms with Gasteiger partial charge in [-0.05, 0) is 44.9 Å². The van der Waals surface area contributed by atoms with Gasteiger partial charge in [-0.3, -0.25) is 0 Å². The summed E-state index contributed by atoms with van der Waals surface area (Å²) in [4.78, 5) is 0. The third-order valence-corrected chi connectivity index (χ3v) is 3.25. The molecule has 100 valence electrons. The van der Waals surface area contributed by atoms with Crippen LogP contribution in [0.25, 0.3) is 0 Å². The maximum Gasteiger partial charge on any atom is 0.119 e. The highest BCUT2D eigenvalue weighted by Gasteiger charge is 2.18. The van der Waals surface area contributed by atoms with Crippen LogP contribution in [-0.2, 0) is 4.74 Å². The Morgan fingerprint density at radius 3 is 2.94 bits per heavy atom. The molecule has 1 N–H and O–H groups in total. The van der Waals surface area contributed by atoms with Crippen LogP contribution >= 0.6 is 0 Å². The Bertz CT molecular complexity index is 329. The molecule has 0 radical (unpaired) electrons. The number of benzene rings is 1. The van der Waals surface area contributed by atoms with E-state index < -0.39 is 0 Å². The molecule has 0 aromatic heterocycles. The SMILES string of the molecule is C[C@H]1C[C@H](NCCCOc2ccccc2)CCO1. The summed E-state index contributed by atoms with van der Waals surface area (Å²) in [7, 11) is 0. The second-order valence-corrected chi connectivity index (χ2v) is 4.87. The Hall–Kier alpha value is -1.06. The second kappa shape index (κ2) is 7.39. The van der Waals surface area contributed by atoms with Crippen LogP contribution in [0, 0.1) is 0 Å². The van der Waals surface area contributed by atoms with E-state index in [2.05, 4.69) is 12.2 Å². The Balaban J connectivity index is 1.53. The van der Waals surface area contributed by atoms with E-state index in [9.17, 15) is 0 Å². The molecule has 0 bridgehead atoms. The number of rotatable bonds is 6. The van der Waals surface area contributed by atoms with Crippen molar-refractivity contribution in [2.24, 2.45) is 0 Å². The first-order valence-corrected chi connectivity index (χ1v) is 6.87. The normalized spacial score (nSPS) is 23.8. The molecule has 0 aliphatic carbocycles. The molecule has 18 heavy (non-hydrogen) atoms. The molecule has 3 nitrogen and oxygen atoms in total. The smallest absolute Gasteiger partial charge is 0.119 e. The lowest BCUT2D eigenvalue weighted by Crippen LogP contribution is -2.38. The summed E-state index contributed by atoms with van der Waals surface area (Å²) in [5.41, 5.74) is 0. The van der Waals surface area contributed by atoms with E-state index >= 15 is 0 Å². The van der Waals surface area contributed by atoms with Crippen molar-refractivity contribution in [3.63, 3.8) is 0 Å². The van der Waals surface area contributed by atoms with Gasteiger partial charge in [-0.15, -0.1) is 0 Å². The van der Waals surface area contributed by atoms with Gasteiger partial charge in [0.15, 0.2) is 0 Å². The molecule has 1 saturated heterocycles.